The predicted octanol–water partition coefficient (Wildman–Crippen LogP) is -0.680. The molecule has 2 amide bonds. The summed E-state index contributed by atoms with van der Waals surface area (Å²) >= 11 is 0. The van der Waals surface area contributed by atoms with Crippen molar-refractivity contribution in [2.45, 2.75) is 19.8 Å². The standard InChI is InChI=1S/C6H12N2O3/c1-2-3-6(10)8-11-4-5(7)9/h2-4H2,1H3,(H2,7,9)(H,8,10). The van der Waals surface area contributed by atoms with Crippen LogP contribution in [0.15, 0.2) is 0 Å². The Morgan fingerprint density at radius 1 is 1.55 bits per heavy atom. The van der Waals surface area contributed by atoms with Gasteiger partial charge in [-0.3, -0.25) is 14.4 Å². The molecule has 0 aliphatic rings. The molecule has 3 N–H and O–H groups in total. The van der Waals surface area contributed by atoms with Crippen LogP contribution >= 0.6 is 0 Å². The van der Waals surface area contributed by atoms with E-state index >= 15 is 0 Å². The highest BCUT2D eigenvalue weighted by molar-refractivity contribution is 5.76. The summed E-state index contributed by atoms with van der Waals surface area (Å²) in [6, 6.07) is 0. The molecule has 0 saturated carbocycles. The number of hydrogen-bond acceptors (Lipinski definition) is 3. The normalized spacial score (nSPS) is 9.18. The van der Waals surface area contributed by atoms with Gasteiger partial charge in [0.05, 0.1) is 0 Å². The van der Waals surface area contributed by atoms with Gasteiger partial charge in [0.15, 0.2) is 6.61 Å². The second-order valence-corrected chi connectivity index (χ2v) is 2.03. The Kier molecular flexibility index (Phi) is 5.10. The molecule has 64 valence electrons. The van der Waals surface area contributed by atoms with Crippen molar-refractivity contribution in [1.29, 1.82) is 0 Å². The van der Waals surface area contributed by atoms with E-state index in [1.807, 2.05) is 6.92 Å². The van der Waals surface area contributed by atoms with Crippen LogP contribution in [-0.4, -0.2) is 18.4 Å². The zero-order valence-corrected chi connectivity index (χ0v) is 6.42. The zero-order valence-electron chi connectivity index (χ0n) is 6.42. The van der Waals surface area contributed by atoms with Crippen molar-refractivity contribution >= 4 is 11.8 Å². The van der Waals surface area contributed by atoms with E-state index in [1.165, 1.54) is 0 Å². The third kappa shape index (κ3) is 6.79. The molecular formula is C6H12N2O3. The van der Waals surface area contributed by atoms with Crippen LogP contribution in [0.25, 0.3) is 0 Å². The number of carbonyl (C=O) groups is 2. The highest BCUT2D eigenvalue weighted by atomic mass is 16.7. The van der Waals surface area contributed by atoms with Gasteiger partial charge < -0.3 is 5.73 Å². The van der Waals surface area contributed by atoms with Crippen LogP contribution < -0.4 is 11.2 Å². The van der Waals surface area contributed by atoms with Crippen LogP contribution in [0.3, 0.4) is 0 Å². The minimum absolute atomic E-state index is 0.242. The molecule has 0 aliphatic heterocycles. The molecule has 0 fully saturated rings. The van der Waals surface area contributed by atoms with Crippen LogP contribution in [-0.2, 0) is 14.4 Å². The van der Waals surface area contributed by atoms with E-state index in [1.54, 1.807) is 0 Å². The van der Waals surface area contributed by atoms with Gasteiger partial charge in [-0.15, -0.1) is 0 Å². The SMILES string of the molecule is CCCC(=O)NOCC(N)=O. The van der Waals surface area contributed by atoms with Crippen molar-refractivity contribution in [2.75, 3.05) is 6.61 Å². The number of hydroxylamine groups is 1. The minimum Gasteiger partial charge on any atom is -0.368 e. The maximum Gasteiger partial charge on any atom is 0.246 e. The molecule has 5 nitrogen and oxygen atoms in total. The molecule has 5 heteroatoms. The molecule has 0 heterocycles. The first kappa shape index (κ1) is 9.90. The van der Waals surface area contributed by atoms with Crippen LogP contribution in [0.2, 0.25) is 0 Å². The van der Waals surface area contributed by atoms with E-state index in [0.717, 1.165) is 6.42 Å². The molecule has 0 atom stereocenters. The van der Waals surface area contributed by atoms with E-state index in [-0.39, 0.29) is 12.5 Å². The largest absolute Gasteiger partial charge is 0.368 e. The van der Waals surface area contributed by atoms with Crippen molar-refractivity contribution < 1.29 is 14.4 Å². The Morgan fingerprint density at radius 2 is 2.18 bits per heavy atom. The van der Waals surface area contributed by atoms with Crippen molar-refractivity contribution in [1.82, 2.24) is 5.48 Å². The molecule has 0 saturated heterocycles. The topological polar surface area (TPSA) is 81.4 Å². The van der Waals surface area contributed by atoms with Crippen molar-refractivity contribution in [3.05, 3.63) is 0 Å². The van der Waals surface area contributed by atoms with Gasteiger partial charge in [-0.2, -0.15) is 0 Å². The Morgan fingerprint density at radius 3 is 2.64 bits per heavy atom. The fraction of sp³-hybridized carbons (Fsp3) is 0.667. The molecule has 0 aromatic rings. The summed E-state index contributed by atoms with van der Waals surface area (Å²) in [7, 11) is 0. The molecule has 0 rings (SSSR count). The zero-order chi connectivity index (χ0) is 8.69. The summed E-state index contributed by atoms with van der Waals surface area (Å²) in [6.45, 7) is 1.59. The summed E-state index contributed by atoms with van der Waals surface area (Å²) in [6.07, 6.45) is 1.13. The molecule has 0 bridgehead atoms. The van der Waals surface area contributed by atoms with E-state index in [9.17, 15) is 9.59 Å². The van der Waals surface area contributed by atoms with Gasteiger partial charge >= 0.3 is 0 Å². The fourth-order valence-electron chi connectivity index (χ4n) is 0.466. The van der Waals surface area contributed by atoms with E-state index in [0.29, 0.717) is 6.42 Å². The number of nitrogens with one attached hydrogen (secondary N) is 1. The monoisotopic (exact) mass is 160 g/mol. The number of carbonyl (C=O) groups excluding carboxylic acids is 2. The summed E-state index contributed by atoms with van der Waals surface area (Å²) in [5.74, 6) is -0.851. The predicted molar refractivity (Wildman–Crippen MR) is 38.2 cm³/mol. The first-order chi connectivity index (χ1) is 5.16. The van der Waals surface area contributed by atoms with Gasteiger partial charge in [0.25, 0.3) is 0 Å². The average Bonchev–Trinajstić information content (AvgIpc) is 1.87. The maximum absolute atomic E-state index is 10.6. The molecule has 0 aromatic heterocycles. The molecule has 11 heavy (non-hydrogen) atoms. The van der Waals surface area contributed by atoms with E-state index < -0.39 is 5.91 Å². The lowest BCUT2D eigenvalue weighted by Gasteiger charge is -2.01. The highest BCUT2D eigenvalue weighted by Gasteiger charge is 1.99. The molecule has 0 spiro atoms. The lowest BCUT2D eigenvalue weighted by molar-refractivity contribution is -0.137. The quantitative estimate of drug-likeness (QED) is 0.523. The Bertz CT molecular complexity index is 147. The second kappa shape index (κ2) is 5.67. The lowest BCUT2D eigenvalue weighted by Crippen LogP contribution is -2.29. The first-order valence-electron chi connectivity index (χ1n) is 3.35. The molecule has 0 radical (unpaired) electrons. The summed E-state index contributed by atoms with van der Waals surface area (Å²) in [4.78, 5) is 25.2. The third-order valence-corrected chi connectivity index (χ3v) is 0.877. The van der Waals surface area contributed by atoms with Crippen LogP contribution in [0.1, 0.15) is 19.8 Å². The van der Waals surface area contributed by atoms with Crippen molar-refractivity contribution in [3.63, 3.8) is 0 Å². The maximum atomic E-state index is 10.6. The number of amides is 2. The number of hydrogen-bond donors (Lipinski definition) is 2. The highest BCUT2D eigenvalue weighted by Crippen LogP contribution is 1.84. The van der Waals surface area contributed by atoms with Crippen LogP contribution in [0.5, 0.6) is 0 Å². The average molecular weight is 160 g/mol. The van der Waals surface area contributed by atoms with Crippen molar-refractivity contribution in [3.8, 4) is 0 Å². The number of primary amides is 1. The molecule has 0 aliphatic carbocycles. The molecule has 0 aromatic carbocycles. The smallest absolute Gasteiger partial charge is 0.246 e. The number of nitrogens with two attached hydrogens (primary N) is 1. The van der Waals surface area contributed by atoms with Crippen molar-refractivity contribution in [2.24, 2.45) is 5.73 Å². The van der Waals surface area contributed by atoms with Gasteiger partial charge in [-0.05, 0) is 6.42 Å². The van der Waals surface area contributed by atoms with Gasteiger partial charge in [0.2, 0.25) is 11.8 Å². The lowest BCUT2D eigenvalue weighted by atomic mass is 10.3. The molecular weight excluding hydrogens is 148 g/mol. The first-order valence-corrected chi connectivity index (χ1v) is 3.35. The van der Waals surface area contributed by atoms with Gasteiger partial charge in [0.1, 0.15) is 0 Å². The summed E-state index contributed by atoms with van der Waals surface area (Å²) in [5.41, 5.74) is 6.81. The van der Waals surface area contributed by atoms with Crippen LogP contribution in [0, 0.1) is 0 Å². The summed E-state index contributed by atoms with van der Waals surface area (Å²) in [5, 5.41) is 0. The fourth-order valence-corrected chi connectivity index (χ4v) is 0.466. The minimum atomic E-state index is -0.609. The van der Waals surface area contributed by atoms with Gasteiger partial charge in [-0.25, -0.2) is 5.48 Å². The summed E-state index contributed by atoms with van der Waals surface area (Å²) < 4.78 is 0. The van der Waals surface area contributed by atoms with Crippen LogP contribution in [0.4, 0.5) is 0 Å². The molecule has 0 unspecified atom stereocenters. The third-order valence-electron chi connectivity index (χ3n) is 0.877. The van der Waals surface area contributed by atoms with E-state index in [2.05, 4.69) is 10.3 Å². The van der Waals surface area contributed by atoms with E-state index in [4.69, 9.17) is 5.73 Å². The number of rotatable bonds is 5. The van der Waals surface area contributed by atoms with Gasteiger partial charge in [-0.1, -0.05) is 6.92 Å². The second-order valence-electron chi connectivity index (χ2n) is 2.03. The Labute approximate surface area is 64.8 Å². The van der Waals surface area contributed by atoms with Gasteiger partial charge in [0, 0.05) is 6.42 Å². The Balaban J connectivity index is 3.24. The Hall–Kier alpha value is -1.10.